The average molecular weight is 396 g/mol. The number of rotatable bonds is 6. The molecule has 2 aliphatic heterocycles. The van der Waals surface area contributed by atoms with Crippen LogP contribution in [0.1, 0.15) is 24.8 Å². The zero-order valence-electron chi connectivity index (χ0n) is 16.3. The Morgan fingerprint density at radius 1 is 1.17 bits per heavy atom. The Labute approximate surface area is 170 Å². The predicted octanol–water partition coefficient (Wildman–Crippen LogP) is 3.83. The van der Waals surface area contributed by atoms with Crippen molar-refractivity contribution in [2.24, 2.45) is 11.1 Å². The molecule has 2 aromatic rings. The Bertz CT molecular complexity index is 871. The SMILES string of the molecule is O=C([C@@H]1CC(Cc2ccccc2)=NO1)N1CCC[C@@H](COc2ccccc2F)C1. The fourth-order valence-electron chi connectivity index (χ4n) is 3.87. The summed E-state index contributed by atoms with van der Waals surface area (Å²) < 4.78 is 19.4. The lowest BCUT2D eigenvalue weighted by Crippen LogP contribution is -2.46. The number of hydrogen-bond donors (Lipinski definition) is 0. The number of carbonyl (C=O) groups is 1. The predicted molar refractivity (Wildman–Crippen MR) is 108 cm³/mol. The molecule has 0 unspecified atom stereocenters. The highest BCUT2D eigenvalue weighted by Crippen LogP contribution is 2.23. The smallest absolute Gasteiger partial charge is 0.266 e. The van der Waals surface area contributed by atoms with Crippen LogP contribution in [0.15, 0.2) is 59.8 Å². The molecule has 0 radical (unpaired) electrons. The fraction of sp³-hybridized carbons (Fsp3) is 0.391. The second kappa shape index (κ2) is 9.07. The number of oxime groups is 1. The molecule has 152 valence electrons. The van der Waals surface area contributed by atoms with Crippen LogP contribution in [-0.2, 0) is 16.1 Å². The Balaban J connectivity index is 1.27. The van der Waals surface area contributed by atoms with Crippen LogP contribution >= 0.6 is 0 Å². The van der Waals surface area contributed by atoms with Crippen LogP contribution in [0.25, 0.3) is 0 Å². The van der Waals surface area contributed by atoms with Crippen LogP contribution in [0.3, 0.4) is 0 Å². The number of hydrogen-bond acceptors (Lipinski definition) is 4. The summed E-state index contributed by atoms with van der Waals surface area (Å²) in [6.45, 7) is 1.70. The lowest BCUT2D eigenvalue weighted by Gasteiger charge is -2.33. The number of para-hydroxylation sites is 1. The minimum absolute atomic E-state index is 0.0209. The molecular formula is C23H25FN2O3. The third kappa shape index (κ3) is 4.94. The van der Waals surface area contributed by atoms with Crippen molar-refractivity contribution < 1.29 is 18.8 Å². The molecule has 1 fully saturated rings. The van der Waals surface area contributed by atoms with Crippen molar-refractivity contribution in [3.05, 3.63) is 66.0 Å². The van der Waals surface area contributed by atoms with Crippen molar-refractivity contribution >= 4 is 11.6 Å². The summed E-state index contributed by atoms with van der Waals surface area (Å²) in [6, 6.07) is 16.4. The average Bonchev–Trinajstić information content (AvgIpc) is 3.22. The van der Waals surface area contributed by atoms with Crippen LogP contribution in [0, 0.1) is 11.7 Å². The number of carbonyl (C=O) groups excluding carboxylic acids is 1. The molecule has 6 heteroatoms. The van der Waals surface area contributed by atoms with Crippen molar-refractivity contribution in [2.45, 2.75) is 31.8 Å². The molecule has 0 bridgehead atoms. The molecule has 2 aliphatic rings. The highest BCUT2D eigenvalue weighted by Gasteiger charge is 2.34. The molecule has 2 heterocycles. The van der Waals surface area contributed by atoms with Gasteiger partial charge in [-0.05, 0) is 30.5 Å². The highest BCUT2D eigenvalue weighted by molar-refractivity contribution is 5.94. The number of likely N-dealkylation sites (tertiary alicyclic amines) is 1. The minimum Gasteiger partial charge on any atom is -0.490 e. The van der Waals surface area contributed by atoms with Gasteiger partial charge in [0, 0.05) is 31.8 Å². The van der Waals surface area contributed by atoms with Gasteiger partial charge >= 0.3 is 0 Å². The third-order valence-corrected chi connectivity index (χ3v) is 5.40. The normalized spacial score (nSPS) is 21.4. The van der Waals surface area contributed by atoms with E-state index in [1.807, 2.05) is 35.2 Å². The van der Waals surface area contributed by atoms with Crippen LogP contribution in [-0.4, -0.2) is 42.3 Å². The maximum atomic E-state index is 13.7. The second-order valence-electron chi connectivity index (χ2n) is 7.65. The second-order valence-corrected chi connectivity index (χ2v) is 7.65. The van der Waals surface area contributed by atoms with Gasteiger partial charge in [0.2, 0.25) is 6.10 Å². The standard InChI is InChI=1S/C23H25FN2O3/c24-20-10-4-5-11-21(20)28-16-18-9-6-12-26(15-18)23(27)22-14-19(25-29-22)13-17-7-2-1-3-8-17/h1-5,7-8,10-11,18,22H,6,9,12-16H2/t18-,22+/m1/s1. The van der Waals surface area contributed by atoms with Gasteiger partial charge in [0.25, 0.3) is 5.91 Å². The van der Waals surface area contributed by atoms with Gasteiger partial charge in [0.15, 0.2) is 11.6 Å². The Hall–Kier alpha value is -2.89. The molecule has 2 aromatic carbocycles. The Morgan fingerprint density at radius 3 is 2.79 bits per heavy atom. The highest BCUT2D eigenvalue weighted by atomic mass is 19.1. The van der Waals surface area contributed by atoms with Crippen molar-refractivity contribution in [3.8, 4) is 5.75 Å². The summed E-state index contributed by atoms with van der Waals surface area (Å²) in [6.07, 6.45) is 2.55. The van der Waals surface area contributed by atoms with E-state index in [0.29, 0.717) is 32.5 Å². The van der Waals surface area contributed by atoms with E-state index in [0.717, 1.165) is 24.1 Å². The van der Waals surface area contributed by atoms with E-state index < -0.39 is 6.10 Å². The van der Waals surface area contributed by atoms with Gasteiger partial charge in [0.05, 0.1) is 12.3 Å². The van der Waals surface area contributed by atoms with Gasteiger partial charge in [-0.1, -0.05) is 47.6 Å². The summed E-state index contributed by atoms with van der Waals surface area (Å²) >= 11 is 0. The minimum atomic E-state index is -0.542. The molecule has 1 saturated heterocycles. The third-order valence-electron chi connectivity index (χ3n) is 5.40. The number of halogens is 1. The number of piperidine rings is 1. The largest absolute Gasteiger partial charge is 0.490 e. The van der Waals surface area contributed by atoms with Crippen molar-refractivity contribution in [1.82, 2.24) is 4.90 Å². The first-order chi connectivity index (χ1) is 14.2. The van der Waals surface area contributed by atoms with Crippen molar-refractivity contribution in [2.75, 3.05) is 19.7 Å². The lowest BCUT2D eigenvalue weighted by atomic mass is 9.97. The van der Waals surface area contributed by atoms with Crippen molar-refractivity contribution in [1.29, 1.82) is 0 Å². The fourth-order valence-corrected chi connectivity index (χ4v) is 3.87. The molecule has 29 heavy (non-hydrogen) atoms. The quantitative estimate of drug-likeness (QED) is 0.746. The molecule has 0 N–H and O–H groups in total. The molecule has 0 aromatic heterocycles. The van der Waals surface area contributed by atoms with E-state index in [-0.39, 0.29) is 23.4 Å². The summed E-state index contributed by atoms with van der Waals surface area (Å²) in [4.78, 5) is 20.2. The molecule has 4 rings (SSSR count). The maximum Gasteiger partial charge on any atom is 0.266 e. The Morgan fingerprint density at radius 2 is 1.97 bits per heavy atom. The summed E-state index contributed by atoms with van der Waals surface area (Å²) in [7, 11) is 0. The zero-order valence-corrected chi connectivity index (χ0v) is 16.3. The van der Waals surface area contributed by atoms with Crippen LogP contribution in [0.5, 0.6) is 5.75 Å². The molecule has 0 saturated carbocycles. The number of amides is 1. The van der Waals surface area contributed by atoms with Crippen LogP contribution in [0.4, 0.5) is 4.39 Å². The van der Waals surface area contributed by atoms with Gasteiger partial charge in [-0.2, -0.15) is 0 Å². The van der Waals surface area contributed by atoms with Crippen LogP contribution < -0.4 is 4.74 Å². The van der Waals surface area contributed by atoms with E-state index in [2.05, 4.69) is 5.16 Å². The van der Waals surface area contributed by atoms with E-state index in [9.17, 15) is 9.18 Å². The molecule has 5 nitrogen and oxygen atoms in total. The molecule has 1 amide bonds. The first kappa shape index (κ1) is 19.4. The van der Waals surface area contributed by atoms with E-state index >= 15 is 0 Å². The molecule has 0 spiro atoms. The zero-order chi connectivity index (χ0) is 20.1. The van der Waals surface area contributed by atoms with Gasteiger partial charge in [0.1, 0.15) is 0 Å². The van der Waals surface area contributed by atoms with Crippen molar-refractivity contribution in [3.63, 3.8) is 0 Å². The van der Waals surface area contributed by atoms with Crippen LogP contribution in [0.2, 0.25) is 0 Å². The maximum absolute atomic E-state index is 13.7. The van der Waals surface area contributed by atoms with E-state index in [4.69, 9.17) is 9.57 Å². The first-order valence-corrected chi connectivity index (χ1v) is 10.1. The van der Waals surface area contributed by atoms with Gasteiger partial charge in [-0.3, -0.25) is 4.79 Å². The summed E-state index contributed by atoms with van der Waals surface area (Å²) in [5.41, 5.74) is 2.05. The lowest BCUT2D eigenvalue weighted by molar-refractivity contribution is -0.144. The Kier molecular flexibility index (Phi) is 6.08. The summed E-state index contributed by atoms with van der Waals surface area (Å²) in [5.74, 6) is 0.0542. The van der Waals surface area contributed by atoms with Gasteiger partial charge < -0.3 is 14.5 Å². The monoisotopic (exact) mass is 396 g/mol. The van der Waals surface area contributed by atoms with Gasteiger partial charge in [-0.15, -0.1) is 0 Å². The number of benzene rings is 2. The number of ether oxygens (including phenoxy) is 1. The van der Waals surface area contributed by atoms with E-state index in [1.54, 1.807) is 18.2 Å². The van der Waals surface area contributed by atoms with E-state index in [1.165, 1.54) is 6.07 Å². The number of nitrogens with zero attached hydrogens (tertiary/aromatic N) is 2. The molecule has 0 aliphatic carbocycles. The topological polar surface area (TPSA) is 51.1 Å². The summed E-state index contributed by atoms with van der Waals surface area (Å²) in [5, 5.41) is 4.14. The molecular weight excluding hydrogens is 371 g/mol. The van der Waals surface area contributed by atoms with Gasteiger partial charge in [-0.25, -0.2) is 4.39 Å². The molecule has 2 atom stereocenters. The first-order valence-electron chi connectivity index (χ1n) is 10.1.